The molecule has 0 unspecified atom stereocenters. The number of aromatic nitrogens is 2. The lowest BCUT2D eigenvalue weighted by Crippen LogP contribution is -1.93. The van der Waals surface area contributed by atoms with E-state index in [4.69, 9.17) is 4.74 Å². The van der Waals surface area contributed by atoms with Crippen LogP contribution in [0.15, 0.2) is 67.0 Å². The average Bonchev–Trinajstić information content (AvgIpc) is 3.02. The molecular formula is C20H16N2O. The molecule has 0 aliphatic heterocycles. The second kappa shape index (κ2) is 5.69. The molecule has 0 spiro atoms. The first-order valence-corrected chi connectivity index (χ1v) is 7.60. The van der Waals surface area contributed by atoms with Crippen LogP contribution >= 0.6 is 0 Å². The number of methoxy groups -OCH3 is 1. The van der Waals surface area contributed by atoms with Crippen molar-refractivity contribution in [2.45, 2.75) is 6.42 Å². The van der Waals surface area contributed by atoms with Crippen molar-refractivity contribution < 1.29 is 4.74 Å². The standard InChI is InChI=1S/C20H16N2O/c1-23-16-9-7-14(8-10-16)17-13-18-20(22-12-11-21-18)19(17)15-5-3-2-4-6-15/h2-12H,13H2,1H3. The maximum absolute atomic E-state index is 5.26. The summed E-state index contributed by atoms with van der Waals surface area (Å²) in [6.07, 6.45) is 4.33. The Balaban J connectivity index is 1.90. The van der Waals surface area contributed by atoms with Crippen molar-refractivity contribution >= 4 is 11.1 Å². The zero-order valence-electron chi connectivity index (χ0n) is 12.9. The van der Waals surface area contributed by atoms with Gasteiger partial charge < -0.3 is 4.74 Å². The smallest absolute Gasteiger partial charge is 0.118 e. The molecule has 0 saturated carbocycles. The first kappa shape index (κ1) is 13.7. The van der Waals surface area contributed by atoms with Crippen LogP contribution in [0.1, 0.15) is 22.5 Å². The van der Waals surface area contributed by atoms with E-state index in [1.807, 2.05) is 18.2 Å². The average molecular weight is 300 g/mol. The minimum Gasteiger partial charge on any atom is -0.497 e. The topological polar surface area (TPSA) is 35.0 Å². The third kappa shape index (κ3) is 2.40. The molecule has 0 fully saturated rings. The van der Waals surface area contributed by atoms with Crippen LogP contribution < -0.4 is 4.74 Å². The quantitative estimate of drug-likeness (QED) is 0.733. The van der Waals surface area contributed by atoms with Crippen molar-refractivity contribution in [3.63, 3.8) is 0 Å². The highest BCUT2D eigenvalue weighted by Gasteiger charge is 2.25. The van der Waals surface area contributed by atoms with E-state index in [9.17, 15) is 0 Å². The maximum Gasteiger partial charge on any atom is 0.118 e. The summed E-state index contributed by atoms with van der Waals surface area (Å²) in [5.74, 6) is 0.863. The van der Waals surface area contributed by atoms with Gasteiger partial charge in [-0.05, 0) is 28.8 Å². The molecule has 0 N–H and O–H groups in total. The van der Waals surface area contributed by atoms with E-state index >= 15 is 0 Å². The number of fused-ring (bicyclic) bond motifs is 1. The molecule has 3 aromatic rings. The highest BCUT2D eigenvalue weighted by Crippen LogP contribution is 2.40. The van der Waals surface area contributed by atoms with Gasteiger partial charge in [0, 0.05) is 24.4 Å². The zero-order valence-corrected chi connectivity index (χ0v) is 12.9. The second-order valence-corrected chi connectivity index (χ2v) is 5.48. The maximum atomic E-state index is 5.26. The van der Waals surface area contributed by atoms with Gasteiger partial charge in [0.1, 0.15) is 5.75 Å². The van der Waals surface area contributed by atoms with Crippen molar-refractivity contribution in [2.24, 2.45) is 0 Å². The summed E-state index contributed by atoms with van der Waals surface area (Å²) >= 11 is 0. The monoisotopic (exact) mass is 300 g/mol. The molecule has 1 aliphatic rings. The number of rotatable bonds is 3. The molecule has 0 saturated heterocycles. The number of benzene rings is 2. The van der Waals surface area contributed by atoms with Crippen LogP contribution in [0, 0.1) is 0 Å². The molecule has 4 rings (SSSR count). The van der Waals surface area contributed by atoms with E-state index in [-0.39, 0.29) is 0 Å². The Bertz CT molecular complexity index is 868. The molecule has 3 heteroatoms. The molecule has 1 aromatic heterocycles. The van der Waals surface area contributed by atoms with E-state index in [2.05, 4.69) is 46.4 Å². The molecule has 112 valence electrons. The molecular weight excluding hydrogens is 284 g/mol. The predicted octanol–water partition coefficient (Wildman–Crippen LogP) is 4.00. The summed E-state index contributed by atoms with van der Waals surface area (Å²) in [6, 6.07) is 18.6. The highest BCUT2D eigenvalue weighted by atomic mass is 16.5. The number of nitrogens with zero attached hydrogens (tertiary/aromatic N) is 2. The second-order valence-electron chi connectivity index (χ2n) is 5.48. The third-order valence-corrected chi connectivity index (χ3v) is 4.16. The molecule has 1 heterocycles. The van der Waals surface area contributed by atoms with Gasteiger partial charge in [0.05, 0.1) is 18.5 Å². The Morgan fingerprint density at radius 3 is 2.30 bits per heavy atom. The van der Waals surface area contributed by atoms with Gasteiger partial charge in [0.15, 0.2) is 0 Å². The SMILES string of the molecule is COc1ccc(C2=C(c3ccccc3)c3nccnc3C2)cc1. The lowest BCUT2D eigenvalue weighted by atomic mass is 9.96. The first-order valence-electron chi connectivity index (χ1n) is 7.60. The lowest BCUT2D eigenvalue weighted by molar-refractivity contribution is 0.415. The molecule has 0 amide bonds. The Labute approximate surface area is 135 Å². The molecule has 1 aliphatic carbocycles. The van der Waals surface area contributed by atoms with Crippen molar-refractivity contribution in [1.29, 1.82) is 0 Å². The highest BCUT2D eigenvalue weighted by molar-refractivity contribution is 6.02. The Morgan fingerprint density at radius 1 is 0.826 bits per heavy atom. The van der Waals surface area contributed by atoms with Gasteiger partial charge in [-0.25, -0.2) is 0 Å². The molecule has 2 aromatic carbocycles. The van der Waals surface area contributed by atoms with Crippen LogP contribution in [0.2, 0.25) is 0 Å². The van der Waals surface area contributed by atoms with Gasteiger partial charge in [-0.3, -0.25) is 9.97 Å². The van der Waals surface area contributed by atoms with Gasteiger partial charge in [-0.15, -0.1) is 0 Å². The number of hydrogen-bond acceptors (Lipinski definition) is 3. The van der Waals surface area contributed by atoms with Crippen molar-refractivity contribution in [3.8, 4) is 5.75 Å². The minimum absolute atomic E-state index is 0.805. The summed E-state index contributed by atoms with van der Waals surface area (Å²) in [4.78, 5) is 9.10. The van der Waals surface area contributed by atoms with Crippen molar-refractivity contribution in [2.75, 3.05) is 7.11 Å². The van der Waals surface area contributed by atoms with E-state index in [0.717, 1.165) is 23.6 Å². The number of ether oxygens (including phenoxy) is 1. The fourth-order valence-corrected chi connectivity index (χ4v) is 3.06. The third-order valence-electron chi connectivity index (χ3n) is 4.16. The number of allylic oxidation sites excluding steroid dienone is 1. The van der Waals surface area contributed by atoms with Crippen molar-refractivity contribution in [1.82, 2.24) is 9.97 Å². The normalized spacial score (nSPS) is 13.1. The largest absolute Gasteiger partial charge is 0.497 e. The van der Waals surface area contributed by atoms with E-state index in [1.165, 1.54) is 22.3 Å². The molecule has 0 radical (unpaired) electrons. The predicted molar refractivity (Wildman–Crippen MR) is 91.1 cm³/mol. The molecule has 0 atom stereocenters. The number of hydrogen-bond donors (Lipinski definition) is 0. The van der Waals surface area contributed by atoms with Crippen molar-refractivity contribution in [3.05, 3.63) is 89.5 Å². The zero-order chi connectivity index (χ0) is 15.6. The minimum atomic E-state index is 0.805. The molecule has 3 nitrogen and oxygen atoms in total. The van der Waals surface area contributed by atoms with Crippen LogP contribution in [0.25, 0.3) is 11.1 Å². The molecule has 0 bridgehead atoms. The van der Waals surface area contributed by atoms with Gasteiger partial charge in [-0.1, -0.05) is 42.5 Å². The lowest BCUT2D eigenvalue weighted by Gasteiger charge is -2.09. The summed E-state index contributed by atoms with van der Waals surface area (Å²) in [5.41, 5.74) is 6.84. The van der Waals surface area contributed by atoms with Crippen LogP contribution in [0.5, 0.6) is 5.75 Å². The Kier molecular flexibility index (Phi) is 3.39. The summed E-state index contributed by atoms with van der Waals surface area (Å²) in [7, 11) is 1.68. The van der Waals surface area contributed by atoms with Crippen LogP contribution in [0.3, 0.4) is 0 Å². The van der Waals surface area contributed by atoms with Crippen LogP contribution in [-0.4, -0.2) is 17.1 Å². The summed E-state index contributed by atoms with van der Waals surface area (Å²) in [6.45, 7) is 0. The fraction of sp³-hybridized carbons (Fsp3) is 0.100. The van der Waals surface area contributed by atoms with E-state index < -0.39 is 0 Å². The van der Waals surface area contributed by atoms with Gasteiger partial charge in [0.2, 0.25) is 0 Å². The Hall–Kier alpha value is -2.94. The van der Waals surface area contributed by atoms with Gasteiger partial charge in [0.25, 0.3) is 0 Å². The van der Waals surface area contributed by atoms with Crippen LogP contribution in [0.4, 0.5) is 0 Å². The van der Waals surface area contributed by atoms with Gasteiger partial charge in [-0.2, -0.15) is 0 Å². The summed E-state index contributed by atoms with van der Waals surface area (Å²) in [5, 5.41) is 0. The van der Waals surface area contributed by atoms with E-state index in [1.54, 1.807) is 19.5 Å². The van der Waals surface area contributed by atoms with Crippen LogP contribution in [-0.2, 0) is 6.42 Å². The Morgan fingerprint density at radius 2 is 1.57 bits per heavy atom. The fourth-order valence-electron chi connectivity index (χ4n) is 3.06. The first-order chi connectivity index (χ1) is 11.4. The van der Waals surface area contributed by atoms with E-state index in [0.29, 0.717) is 0 Å². The summed E-state index contributed by atoms with van der Waals surface area (Å²) < 4.78 is 5.26. The van der Waals surface area contributed by atoms with Gasteiger partial charge >= 0.3 is 0 Å². The molecule has 23 heavy (non-hydrogen) atoms.